The molecule has 0 aliphatic heterocycles. The summed E-state index contributed by atoms with van der Waals surface area (Å²) in [7, 11) is -9.86. The Hall–Kier alpha value is -3.39. The van der Waals surface area contributed by atoms with E-state index in [4.69, 9.17) is 9.52 Å². The normalized spacial score (nSPS) is 12.4. The summed E-state index contributed by atoms with van der Waals surface area (Å²) in [4.78, 5) is 13.8. The molecule has 4 aromatic rings. The number of benzene rings is 2. The van der Waals surface area contributed by atoms with Gasteiger partial charge in [0.15, 0.2) is 11.8 Å². The van der Waals surface area contributed by atoms with Crippen molar-refractivity contribution in [3.8, 4) is 11.6 Å². The van der Waals surface area contributed by atoms with E-state index in [0.29, 0.717) is 36.9 Å². The lowest BCUT2D eigenvalue weighted by Gasteiger charge is -2.11. The number of hydrogen-bond donors (Lipinski definition) is 1. The van der Waals surface area contributed by atoms with Gasteiger partial charge < -0.3 is 18.6 Å². The molecule has 13 heteroatoms. The van der Waals surface area contributed by atoms with Crippen molar-refractivity contribution in [1.29, 1.82) is 0 Å². The van der Waals surface area contributed by atoms with Crippen molar-refractivity contribution >= 4 is 48.1 Å². The first-order valence-corrected chi connectivity index (χ1v) is 13.3. The van der Waals surface area contributed by atoms with E-state index in [1.165, 1.54) is 6.07 Å². The van der Waals surface area contributed by atoms with Crippen LogP contribution >= 0.6 is 0 Å². The Morgan fingerprint density at radius 3 is 2.46 bits per heavy atom. The Morgan fingerprint density at radius 1 is 1.00 bits per heavy atom. The van der Waals surface area contributed by atoms with Gasteiger partial charge in [0.05, 0.1) is 9.79 Å². The highest BCUT2D eigenvalue weighted by Gasteiger charge is 2.23. The van der Waals surface area contributed by atoms with Crippen LogP contribution in [-0.2, 0) is 31.6 Å². The predicted molar refractivity (Wildman–Crippen MR) is 119 cm³/mol. The second-order valence-electron chi connectivity index (χ2n) is 7.85. The number of pyridine rings is 1. The lowest BCUT2D eigenvalue weighted by molar-refractivity contribution is -0.687. The molecule has 0 radical (unpaired) electrons. The fourth-order valence-electron chi connectivity index (χ4n) is 3.80. The van der Waals surface area contributed by atoms with Crippen LogP contribution in [0.2, 0.25) is 0 Å². The number of nitrogens with zero attached hydrogens (tertiary/aromatic N) is 2. The van der Waals surface area contributed by atoms with Crippen LogP contribution in [0.4, 0.5) is 0 Å². The third kappa shape index (κ3) is 5.32. The number of carbonyl (C=O) groups is 1. The molecule has 11 nitrogen and oxygen atoms in total. The molecule has 0 atom stereocenters. The highest BCUT2D eigenvalue weighted by Crippen LogP contribution is 2.35. The van der Waals surface area contributed by atoms with Gasteiger partial charge in [0.2, 0.25) is 0 Å². The van der Waals surface area contributed by atoms with Crippen LogP contribution in [0, 0.1) is 0 Å². The molecule has 35 heavy (non-hydrogen) atoms. The summed E-state index contributed by atoms with van der Waals surface area (Å²) in [5.41, 5.74) is 0.235. The van der Waals surface area contributed by atoms with Crippen LogP contribution in [0.5, 0.6) is 0 Å². The number of aromatic nitrogens is 2. The number of carboxylic acid groups (broad SMARTS) is 1. The molecule has 0 saturated heterocycles. The van der Waals surface area contributed by atoms with Crippen LogP contribution in [0.1, 0.15) is 25.7 Å². The van der Waals surface area contributed by atoms with E-state index in [1.807, 2.05) is 0 Å². The van der Waals surface area contributed by atoms with Crippen molar-refractivity contribution < 1.29 is 44.8 Å². The van der Waals surface area contributed by atoms with Gasteiger partial charge in [-0.1, -0.05) is 6.07 Å². The summed E-state index contributed by atoms with van der Waals surface area (Å²) in [6.45, 7) is 0.507. The minimum atomic E-state index is -5.04. The van der Waals surface area contributed by atoms with Crippen molar-refractivity contribution in [3.05, 3.63) is 48.7 Å². The Morgan fingerprint density at radius 2 is 1.77 bits per heavy atom. The molecular weight excluding hydrogens is 500 g/mol. The molecule has 0 fully saturated rings. The van der Waals surface area contributed by atoms with Gasteiger partial charge in [0.1, 0.15) is 32.3 Å². The van der Waals surface area contributed by atoms with E-state index in [-0.39, 0.29) is 28.8 Å². The maximum absolute atomic E-state index is 12.0. The highest BCUT2D eigenvalue weighted by atomic mass is 32.2. The molecule has 184 valence electrons. The van der Waals surface area contributed by atoms with Gasteiger partial charge in [-0.2, -0.15) is 4.57 Å². The Balaban J connectivity index is 1.82. The summed E-state index contributed by atoms with van der Waals surface area (Å²) >= 11 is 0. The molecule has 0 aliphatic rings. The SMILES string of the molecule is O=C(O)CCCCC[n+]1ccccc1-c1nc2c(o1)c(S(=O)(=O)[O-])cc1cc(S(=O)(=O)[O-])ccc12. The van der Waals surface area contributed by atoms with Gasteiger partial charge in [0.25, 0.3) is 11.6 Å². The van der Waals surface area contributed by atoms with E-state index >= 15 is 0 Å². The van der Waals surface area contributed by atoms with E-state index in [1.54, 1.807) is 29.0 Å². The summed E-state index contributed by atoms with van der Waals surface area (Å²) in [5.74, 6) is -0.829. The van der Waals surface area contributed by atoms with Crippen LogP contribution in [0.15, 0.2) is 62.9 Å². The maximum atomic E-state index is 12.0. The largest absolute Gasteiger partial charge is 0.744 e. The Bertz CT molecular complexity index is 1660. The van der Waals surface area contributed by atoms with Gasteiger partial charge in [-0.05, 0) is 42.5 Å². The number of unbranched alkanes of at least 4 members (excludes halogenated alkanes) is 2. The topological polar surface area (TPSA) is 182 Å². The molecule has 0 bridgehead atoms. The lowest BCUT2D eigenvalue weighted by atomic mass is 10.1. The number of oxazole rings is 1. The number of aryl methyl sites for hydroxylation is 1. The first-order chi connectivity index (χ1) is 16.4. The maximum Gasteiger partial charge on any atom is 0.303 e. The van der Waals surface area contributed by atoms with Gasteiger partial charge in [-0.25, -0.2) is 21.8 Å². The number of aliphatic carboxylic acids is 1. The molecule has 0 unspecified atom stereocenters. The molecule has 1 N–H and O–H groups in total. The van der Waals surface area contributed by atoms with E-state index < -0.39 is 36.0 Å². The van der Waals surface area contributed by atoms with Gasteiger partial charge in [-0.3, -0.25) is 4.79 Å². The van der Waals surface area contributed by atoms with Gasteiger partial charge >= 0.3 is 5.97 Å². The molecule has 0 saturated carbocycles. The molecule has 0 aliphatic carbocycles. The summed E-state index contributed by atoms with van der Waals surface area (Å²) in [6, 6.07) is 9.51. The van der Waals surface area contributed by atoms with Crippen molar-refractivity contribution in [2.24, 2.45) is 0 Å². The zero-order valence-electron chi connectivity index (χ0n) is 18.1. The monoisotopic (exact) mass is 519 g/mol. The average molecular weight is 520 g/mol. The van der Waals surface area contributed by atoms with Crippen molar-refractivity contribution in [1.82, 2.24) is 4.98 Å². The predicted octanol–water partition coefficient (Wildman–Crippen LogP) is 2.39. The fraction of sp³-hybridized carbons (Fsp3) is 0.227. The molecular formula is C22H19N2O9S2-. The van der Waals surface area contributed by atoms with Crippen molar-refractivity contribution in [2.75, 3.05) is 0 Å². The molecule has 0 spiro atoms. The second kappa shape index (κ2) is 9.34. The Labute approximate surface area is 200 Å². The molecule has 2 aromatic heterocycles. The average Bonchev–Trinajstić information content (AvgIpc) is 3.22. The van der Waals surface area contributed by atoms with Crippen molar-refractivity contribution in [2.45, 2.75) is 42.0 Å². The van der Waals surface area contributed by atoms with Crippen LogP contribution in [-0.4, -0.2) is 42.0 Å². The summed E-state index contributed by atoms with van der Waals surface area (Å²) in [6.07, 6.45) is 3.71. The third-order valence-corrected chi connectivity index (χ3v) is 7.10. The summed E-state index contributed by atoms with van der Waals surface area (Å²) < 4.78 is 77.7. The molecule has 2 heterocycles. The fourth-order valence-corrected chi connectivity index (χ4v) is 4.95. The minimum Gasteiger partial charge on any atom is -0.744 e. The number of rotatable bonds is 9. The van der Waals surface area contributed by atoms with Gasteiger partial charge in [-0.15, -0.1) is 0 Å². The van der Waals surface area contributed by atoms with Crippen LogP contribution in [0.3, 0.4) is 0 Å². The number of hydrogen-bond acceptors (Lipinski definition) is 9. The lowest BCUT2D eigenvalue weighted by Crippen LogP contribution is -2.35. The zero-order chi connectivity index (χ0) is 25.4. The second-order valence-corrected chi connectivity index (χ2v) is 10.6. The van der Waals surface area contributed by atoms with E-state index in [2.05, 4.69) is 4.98 Å². The number of fused-ring (bicyclic) bond motifs is 3. The first kappa shape index (κ1) is 24.7. The highest BCUT2D eigenvalue weighted by molar-refractivity contribution is 7.86. The third-order valence-electron chi connectivity index (χ3n) is 5.42. The smallest absolute Gasteiger partial charge is 0.303 e. The van der Waals surface area contributed by atoms with Gasteiger partial charge in [0, 0.05) is 30.4 Å². The molecule has 2 aromatic carbocycles. The zero-order valence-corrected chi connectivity index (χ0v) is 19.7. The summed E-state index contributed by atoms with van der Waals surface area (Å²) in [5, 5.41) is 9.09. The molecule has 4 rings (SSSR count). The van der Waals surface area contributed by atoms with Crippen molar-refractivity contribution in [3.63, 3.8) is 0 Å². The van der Waals surface area contributed by atoms with Crippen LogP contribution in [0.25, 0.3) is 33.5 Å². The minimum absolute atomic E-state index is 0.0265. The Kier molecular flexibility index (Phi) is 6.60. The number of carboxylic acids is 1. The standard InChI is InChI=1S/C22H20N2O9S2/c25-19(26)7-2-1-4-10-24-11-5-3-6-17(24)22-23-20-16-9-8-15(34(27,28)29)12-14(16)13-18(21(20)33-22)35(30,31)32/h3,5-6,8-9,11-13H,1-2,4,7,10H2,(H2-,25,26,27,28,29,30,31,32)/p-1. The van der Waals surface area contributed by atoms with Crippen LogP contribution < -0.4 is 4.57 Å². The first-order valence-electron chi connectivity index (χ1n) is 10.4. The van der Waals surface area contributed by atoms with E-state index in [9.17, 15) is 30.7 Å². The molecule has 0 amide bonds. The van der Waals surface area contributed by atoms with E-state index in [0.717, 1.165) is 18.2 Å². The quantitative estimate of drug-likeness (QED) is 0.196.